The minimum Gasteiger partial charge on any atom is -0.465 e. The molecule has 10 nitrogen and oxygen atoms in total. The number of aromatic nitrogens is 3. The number of esters is 1. The maximum Gasteiger partial charge on any atom is 0.310 e. The normalized spacial score (nSPS) is 27.7. The highest BCUT2D eigenvalue weighted by Gasteiger charge is 2.77. The lowest BCUT2D eigenvalue weighted by Crippen LogP contribution is -2.58. The molecule has 1 spiro atoms. The molecule has 2 amide bonds. The number of benzene rings is 2. The Morgan fingerprint density at radius 1 is 1.18 bits per heavy atom. The summed E-state index contributed by atoms with van der Waals surface area (Å²) in [6.45, 7) is 9.77. The van der Waals surface area contributed by atoms with Gasteiger partial charge in [0.2, 0.25) is 11.8 Å². The van der Waals surface area contributed by atoms with E-state index in [0.29, 0.717) is 23.9 Å². The summed E-state index contributed by atoms with van der Waals surface area (Å²) in [6.07, 6.45) is 4.52. The Hall–Kier alpha value is -3.96. The van der Waals surface area contributed by atoms with Gasteiger partial charge in [0, 0.05) is 11.8 Å². The highest BCUT2D eigenvalue weighted by molar-refractivity contribution is 8.02. The highest BCUT2D eigenvalue weighted by Crippen LogP contribution is 2.69. The maximum absolute atomic E-state index is 15.0. The first-order valence-electron chi connectivity index (χ1n) is 15.0. The Bertz CT molecular complexity index is 1580. The first-order valence-corrected chi connectivity index (χ1v) is 15.9. The lowest BCUT2D eigenvalue weighted by molar-refractivity contribution is -0.155. The molecule has 0 saturated carbocycles. The molecule has 4 heterocycles. The zero-order chi connectivity index (χ0) is 31.0. The first-order chi connectivity index (χ1) is 21.4. The van der Waals surface area contributed by atoms with E-state index in [9.17, 15) is 19.5 Å². The number of ether oxygens (including phenoxy) is 1. The molecule has 3 fully saturated rings. The molecule has 3 saturated heterocycles. The van der Waals surface area contributed by atoms with Gasteiger partial charge in [-0.2, -0.15) is 0 Å². The Balaban J connectivity index is 1.44. The van der Waals surface area contributed by atoms with Crippen molar-refractivity contribution in [2.45, 2.75) is 48.5 Å². The zero-order valence-electron chi connectivity index (χ0n) is 24.7. The topological polar surface area (TPSA) is 118 Å². The van der Waals surface area contributed by atoms with Gasteiger partial charge in [0.1, 0.15) is 18.2 Å². The van der Waals surface area contributed by atoms with E-state index in [4.69, 9.17) is 4.74 Å². The summed E-state index contributed by atoms with van der Waals surface area (Å²) in [7, 11) is 0. The molecule has 11 heteroatoms. The van der Waals surface area contributed by atoms with Crippen molar-refractivity contribution in [1.29, 1.82) is 0 Å². The average molecular weight is 616 g/mol. The number of rotatable bonds is 12. The van der Waals surface area contributed by atoms with Crippen LogP contribution in [0.5, 0.6) is 0 Å². The summed E-state index contributed by atoms with van der Waals surface area (Å²) in [5, 5.41) is 19.2. The minimum atomic E-state index is -0.942. The van der Waals surface area contributed by atoms with Gasteiger partial charge in [-0.15, -0.1) is 30.0 Å². The van der Waals surface area contributed by atoms with Crippen LogP contribution in [0.2, 0.25) is 0 Å². The molecule has 0 aliphatic carbocycles. The van der Waals surface area contributed by atoms with Gasteiger partial charge in [-0.25, -0.2) is 4.68 Å². The molecule has 2 bridgehead atoms. The largest absolute Gasteiger partial charge is 0.465 e. The molecule has 1 N–H and O–H groups in total. The third-order valence-electron chi connectivity index (χ3n) is 9.33. The second kappa shape index (κ2) is 12.2. The fourth-order valence-electron chi connectivity index (χ4n) is 7.44. The lowest BCUT2D eigenvalue weighted by Gasteiger charge is -2.42. The van der Waals surface area contributed by atoms with Crippen LogP contribution >= 0.6 is 11.8 Å². The molecule has 7 atom stereocenters. The number of aliphatic hydroxyl groups is 1. The van der Waals surface area contributed by atoms with Gasteiger partial charge in [-0.1, -0.05) is 66.8 Å². The standard InChI is InChI=1S/C33H37N5O5S/c1-4-6-17-43-32(42)27-26-18-21(3)33(44-26)28(27)30(40)38(25(19-39)22-12-8-7-9-13-22)29(33)31(41)36(16-5-2)20-37-24-15-11-10-14-23(24)34-35-37/h4-5,7-15,21,25-29,39H,1-2,6,16-20H2,3H3/t21?,25-,26-,27+,28+,29?,33?/m1/s1. The van der Waals surface area contributed by atoms with Crippen LogP contribution in [0.25, 0.3) is 11.0 Å². The smallest absolute Gasteiger partial charge is 0.310 e. The Morgan fingerprint density at radius 3 is 2.66 bits per heavy atom. The molecule has 6 rings (SSSR count). The SMILES string of the molecule is C=CCCOC(=O)[C@@H]1[C@H]2C(=O)N([C@H](CO)c3ccccc3)C(C(=O)N(CC=C)Cn3nnc4ccccc43)C23S[C@@H]1CC3C. The molecule has 1 aromatic heterocycles. The third-order valence-corrected chi connectivity index (χ3v) is 11.4. The Labute approximate surface area is 260 Å². The number of aliphatic hydroxyl groups excluding tert-OH is 1. The summed E-state index contributed by atoms with van der Waals surface area (Å²) < 4.78 is 6.42. The van der Waals surface area contributed by atoms with Crippen LogP contribution in [0.4, 0.5) is 0 Å². The number of hydrogen-bond donors (Lipinski definition) is 1. The molecule has 3 aliphatic rings. The van der Waals surface area contributed by atoms with Crippen LogP contribution in [0.3, 0.4) is 0 Å². The third kappa shape index (κ3) is 4.73. The fraction of sp³-hybridized carbons (Fsp3) is 0.424. The highest BCUT2D eigenvalue weighted by atomic mass is 32.2. The average Bonchev–Trinajstić information content (AvgIpc) is 3.75. The molecule has 44 heavy (non-hydrogen) atoms. The van der Waals surface area contributed by atoms with Gasteiger partial charge in [-0.05, 0) is 36.5 Å². The minimum absolute atomic E-state index is 0.0458. The van der Waals surface area contributed by atoms with Crippen molar-refractivity contribution in [3.05, 3.63) is 85.5 Å². The van der Waals surface area contributed by atoms with Crippen LogP contribution in [0, 0.1) is 17.8 Å². The van der Waals surface area contributed by atoms with E-state index in [0.717, 1.165) is 5.52 Å². The van der Waals surface area contributed by atoms with Crippen molar-refractivity contribution in [2.24, 2.45) is 17.8 Å². The maximum atomic E-state index is 15.0. The second-order valence-corrected chi connectivity index (χ2v) is 13.3. The summed E-state index contributed by atoms with van der Waals surface area (Å²) in [4.78, 5) is 46.4. The van der Waals surface area contributed by atoms with E-state index in [-0.39, 0.29) is 49.4 Å². The first kappa shape index (κ1) is 30.1. The van der Waals surface area contributed by atoms with Crippen LogP contribution in [0.15, 0.2) is 79.9 Å². The van der Waals surface area contributed by atoms with E-state index >= 15 is 0 Å². The fourth-order valence-corrected chi connectivity index (χ4v) is 9.83. The van der Waals surface area contributed by atoms with Crippen molar-refractivity contribution in [2.75, 3.05) is 19.8 Å². The Kier molecular flexibility index (Phi) is 8.34. The number of likely N-dealkylation sites (tertiary alicyclic amines) is 1. The number of carbonyl (C=O) groups is 3. The number of para-hydroxylation sites is 1. The number of nitrogens with zero attached hydrogens (tertiary/aromatic N) is 5. The lowest BCUT2D eigenvalue weighted by atomic mass is 9.66. The molecule has 3 aliphatic heterocycles. The quantitative estimate of drug-likeness (QED) is 0.187. The molecule has 2 aromatic carbocycles. The summed E-state index contributed by atoms with van der Waals surface area (Å²) in [5.41, 5.74) is 2.19. The molecule has 230 valence electrons. The predicted molar refractivity (Wildman–Crippen MR) is 167 cm³/mol. The molecule has 3 aromatic rings. The number of amides is 2. The monoisotopic (exact) mass is 615 g/mol. The summed E-state index contributed by atoms with van der Waals surface area (Å²) in [5.74, 6) is -2.49. The van der Waals surface area contributed by atoms with E-state index in [1.807, 2.05) is 54.6 Å². The predicted octanol–water partition coefficient (Wildman–Crippen LogP) is 3.59. The molecular weight excluding hydrogens is 578 g/mol. The van der Waals surface area contributed by atoms with Crippen molar-refractivity contribution in [3.63, 3.8) is 0 Å². The van der Waals surface area contributed by atoms with E-state index in [2.05, 4.69) is 30.4 Å². The number of fused-ring (bicyclic) bond motifs is 2. The van der Waals surface area contributed by atoms with Crippen molar-refractivity contribution in [1.82, 2.24) is 24.8 Å². The zero-order valence-corrected chi connectivity index (χ0v) is 25.5. The summed E-state index contributed by atoms with van der Waals surface area (Å²) in [6, 6.07) is 15.0. The number of hydrogen-bond acceptors (Lipinski definition) is 8. The van der Waals surface area contributed by atoms with E-state index < -0.39 is 34.6 Å². The number of thioether (sulfide) groups is 1. The van der Waals surface area contributed by atoms with Crippen molar-refractivity contribution >= 4 is 40.6 Å². The van der Waals surface area contributed by atoms with Gasteiger partial charge in [0.05, 0.1) is 41.4 Å². The van der Waals surface area contributed by atoms with Crippen molar-refractivity contribution in [3.8, 4) is 0 Å². The van der Waals surface area contributed by atoms with Crippen LogP contribution < -0.4 is 0 Å². The van der Waals surface area contributed by atoms with Gasteiger partial charge in [-0.3, -0.25) is 14.4 Å². The van der Waals surface area contributed by atoms with Gasteiger partial charge in [0.15, 0.2) is 0 Å². The van der Waals surface area contributed by atoms with Crippen molar-refractivity contribution < 1.29 is 24.2 Å². The summed E-state index contributed by atoms with van der Waals surface area (Å²) >= 11 is 1.57. The van der Waals surface area contributed by atoms with Crippen LogP contribution in [-0.4, -0.2) is 83.5 Å². The van der Waals surface area contributed by atoms with E-state index in [1.54, 1.807) is 38.4 Å². The van der Waals surface area contributed by atoms with Crippen LogP contribution in [0.1, 0.15) is 31.4 Å². The van der Waals surface area contributed by atoms with Gasteiger partial charge >= 0.3 is 5.97 Å². The van der Waals surface area contributed by atoms with E-state index in [1.165, 1.54) is 0 Å². The molecule has 0 radical (unpaired) electrons. The second-order valence-electron chi connectivity index (χ2n) is 11.7. The van der Waals surface area contributed by atoms with Crippen LogP contribution in [-0.2, 0) is 25.8 Å². The molecular formula is C33H37N5O5S. The molecule has 3 unspecified atom stereocenters. The van der Waals surface area contributed by atoms with Gasteiger partial charge in [0.25, 0.3) is 0 Å². The number of carbonyl (C=O) groups excluding carboxylic acids is 3. The van der Waals surface area contributed by atoms with Gasteiger partial charge < -0.3 is 19.6 Å². The Morgan fingerprint density at radius 2 is 1.93 bits per heavy atom.